The molecule has 11 heteroatoms. The van der Waals surface area contributed by atoms with Crippen molar-refractivity contribution in [3.63, 3.8) is 0 Å². The number of likely N-dealkylation sites (N-methyl/N-ethyl adjacent to an activating group) is 1. The summed E-state index contributed by atoms with van der Waals surface area (Å²) >= 11 is 0. The van der Waals surface area contributed by atoms with Gasteiger partial charge >= 0.3 is 0 Å². The maximum absolute atomic E-state index is 13.0. The Morgan fingerprint density at radius 2 is 1.76 bits per heavy atom. The van der Waals surface area contributed by atoms with Crippen LogP contribution < -0.4 is 14.8 Å². The van der Waals surface area contributed by atoms with E-state index in [1.807, 2.05) is 0 Å². The predicted octanol–water partition coefficient (Wildman–Crippen LogP) is 1.44. The summed E-state index contributed by atoms with van der Waals surface area (Å²) in [5, 5.41) is 2.72. The van der Waals surface area contributed by atoms with Crippen molar-refractivity contribution in [2.24, 2.45) is 0 Å². The van der Waals surface area contributed by atoms with Gasteiger partial charge in [0.25, 0.3) is 11.8 Å². The number of morpholine rings is 1. The van der Waals surface area contributed by atoms with Gasteiger partial charge in [0.15, 0.2) is 6.61 Å². The Labute approximate surface area is 193 Å². The van der Waals surface area contributed by atoms with Crippen molar-refractivity contribution in [2.75, 3.05) is 59.4 Å². The number of benzene rings is 2. The zero-order valence-electron chi connectivity index (χ0n) is 18.7. The van der Waals surface area contributed by atoms with Gasteiger partial charge in [0.2, 0.25) is 10.0 Å². The van der Waals surface area contributed by atoms with E-state index in [1.54, 1.807) is 38.4 Å². The number of anilines is 1. The van der Waals surface area contributed by atoms with E-state index in [0.717, 1.165) is 0 Å². The van der Waals surface area contributed by atoms with Crippen molar-refractivity contribution in [3.05, 3.63) is 48.0 Å². The topological polar surface area (TPSA) is 114 Å². The molecule has 33 heavy (non-hydrogen) atoms. The second-order valence-electron chi connectivity index (χ2n) is 7.43. The number of sulfonamides is 1. The number of amides is 2. The second kappa shape index (κ2) is 10.6. The molecule has 1 aliphatic heterocycles. The summed E-state index contributed by atoms with van der Waals surface area (Å²) in [6.45, 7) is 1.06. The fourth-order valence-electron chi connectivity index (χ4n) is 3.07. The molecule has 0 radical (unpaired) electrons. The minimum atomic E-state index is -3.77. The quantitative estimate of drug-likeness (QED) is 0.612. The largest absolute Gasteiger partial charge is 0.496 e. The van der Waals surface area contributed by atoms with Crippen LogP contribution in [0.15, 0.2) is 47.4 Å². The van der Waals surface area contributed by atoms with Crippen molar-refractivity contribution >= 4 is 27.5 Å². The van der Waals surface area contributed by atoms with Gasteiger partial charge in [0, 0.05) is 32.9 Å². The molecule has 1 N–H and O–H groups in total. The van der Waals surface area contributed by atoms with Crippen LogP contribution in [0.2, 0.25) is 0 Å². The number of hydrogen-bond donors (Lipinski definition) is 1. The number of rotatable bonds is 8. The lowest BCUT2D eigenvalue weighted by Crippen LogP contribution is -2.40. The molecule has 2 amide bonds. The lowest BCUT2D eigenvalue weighted by Gasteiger charge is -2.26. The zero-order chi connectivity index (χ0) is 24.0. The number of hydrogen-bond acceptors (Lipinski definition) is 7. The van der Waals surface area contributed by atoms with E-state index in [9.17, 15) is 18.0 Å². The first-order valence-corrected chi connectivity index (χ1v) is 11.7. The fourth-order valence-corrected chi connectivity index (χ4v) is 4.50. The minimum absolute atomic E-state index is 0.00431. The summed E-state index contributed by atoms with van der Waals surface area (Å²) in [7, 11) is 0.913. The van der Waals surface area contributed by atoms with Crippen molar-refractivity contribution in [2.45, 2.75) is 4.90 Å². The Bertz CT molecular complexity index is 1100. The lowest BCUT2D eigenvalue weighted by molar-refractivity contribution is -0.130. The molecular formula is C22H27N3O7S. The van der Waals surface area contributed by atoms with Gasteiger partial charge in [-0.2, -0.15) is 4.31 Å². The molecule has 0 atom stereocenters. The third kappa shape index (κ3) is 6.01. The smallest absolute Gasteiger partial charge is 0.259 e. The molecule has 0 aliphatic carbocycles. The SMILES string of the molecule is COc1ccc(S(=O)(=O)N2CCOCC2)cc1C(=O)Nc1ccc(OCC(=O)N(C)C)cc1. The maximum atomic E-state index is 13.0. The molecule has 2 aromatic carbocycles. The number of ether oxygens (including phenoxy) is 3. The average Bonchev–Trinajstić information content (AvgIpc) is 2.83. The molecule has 3 rings (SSSR count). The van der Waals surface area contributed by atoms with Crippen LogP contribution in [0.4, 0.5) is 5.69 Å². The summed E-state index contributed by atoms with van der Waals surface area (Å²) in [4.78, 5) is 26.0. The highest BCUT2D eigenvalue weighted by atomic mass is 32.2. The van der Waals surface area contributed by atoms with Crippen LogP contribution in [-0.4, -0.2) is 83.6 Å². The number of nitrogens with one attached hydrogen (secondary N) is 1. The highest BCUT2D eigenvalue weighted by Gasteiger charge is 2.28. The normalized spacial score (nSPS) is 14.4. The molecule has 0 spiro atoms. The summed E-state index contributed by atoms with van der Waals surface area (Å²) in [6.07, 6.45) is 0. The molecule has 0 saturated carbocycles. The summed E-state index contributed by atoms with van der Waals surface area (Å²) in [5.74, 6) is 0.0173. The van der Waals surface area contributed by atoms with Gasteiger partial charge in [-0.05, 0) is 42.5 Å². The standard InChI is InChI=1S/C22H27N3O7S/c1-24(2)21(26)15-32-17-6-4-16(5-7-17)23-22(27)19-14-18(8-9-20(19)30-3)33(28,29)25-10-12-31-13-11-25/h4-9,14H,10-13,15H2,1-3H3,(H,23,27). The Kier molecular flexibility index (Phi) is 7.90. The molecule has 0 bridgehead atoms. The molecule has 1 fully saturated rings. The minimum Gasteiger partial charge on any atom is -0.496 e. The third-order valence-electron chi connectivity index (χ3n) is 5.00. The maximum Gasteiger partial charge on any atom is 0.259 e. The number of carbonyl (C=O) groups is 2. The molecule has 1 saturated heterocycles. The van der Waals surface area contributed by atoms with Crippen LogP contribution in [0.1, 0.15) is 10.4 Å². The third-order valence-corrected chi connectivity index (χ3v) is 6.89. The Hall–Kier alpha value is -3.15. The first-order chi connectivity index (χ1) is 15.7. The highest BCUT2D eigenvalue weighted by Crippen LogP contribution is 2.26. The van der Waals surface area contributed by atoms with E-state index in [4.69, 9.17) is 14.2 Å². The highest BCUT2D eigenvalue weighted by molar-refractivity contribution is 7.89. The molecule has 0 unspecified atom stereocenters. The van der Waals surface area contributed by atoms with E-state index in [1.165, 1.54) is 34.5 Å². The van der Waals surface area contributed by atoms with Crippen molar-refractivity contribution in [3.8, 4) is 11.5 Å². The van der Waals surface area contributed by atoms with Crippen LogP contribution >= 0.6 is 0 Å². The first kappa shape index (κ1) is 24.5. The van der Waals surface area contributed by atoms with E-state index >= 15 is 0 Å². The van der Waals surface area contributed by atoms with Gasteiger partial charge in [-0.1, -0.05) is 0 Å². The monoisotopic (exact) mass is 477 g/mol. The Balaban J connectivity index is 1.75. The molecule has 1 heterocycles. The molecule has 1 aliphatic rings. The van der Waals surface area contributed by atoms with E-state index in [0.29, 0.717) is 24.7 Å². The average molecular weight is 478 g/mol. The van der Waals surface area contributed by atoms with Gasteiger partial charge in [-0.15, -0.1) is 0 Å². The van der Waals surface area contributed by atoms with Crippen molar-refractivity contribution in [1.29, 1.82) is 0 Å². The molecule has 10 nitrogen and oxygen atoms in total. The van der Waals surface area contributed by atoms with Gasteiger partial charge in [0.1, 0.15) is 11.5 Å². The van der Waals surface area contributed by atoms with Crippen LogP contribution in [0.5, 0.6) is 11.5 Å². The fraction of sp³-hybridized carbons (Fsp3) is 0.364. The van der Waals surface area contributed by atoms with Gasteiger partial charge in [-0.3, -0.25) is 9.59 Å². The molecule has 0 aromatic heterocycles. The number of methoxy groups -OCH3 is 1. The van der Waals surface area contributed by atoms with Crippen LogP contribution in [0.3, 0.4) is 0 Å². The van der Waals surface area contributed by atoms with Crippen LogP contribution in [-0.2, 0) is 19.6 Å². The number of nitrogens with zero attached hydrogens (tertiary/aromatic N) is 2. The Morgan fingerprint density at radius 1 is 1.09 bits per heavy atom. The molecular weight excluding hydrogens is 450 g/mol. The Morgan fingerprint density at radius 3 is 2.36 bits per heavy atom. The molecule has 2 aromatic rings. The lowest BCUT2D eigenvalue weighted by atomic mass is 10.2. The van der Waals surface area contributed by atoms with Gasteiger partial charge in [0.05, 0.1) is 30.8 Å². The van der Waals surface area contributed by atoms with Crippen LogP contribution in [0.25, 0.3) is 0 Å². The van der Waals surface area contributed by atoms with Crippen molar-refractivity contribution in [1.82, 2.24) is 9.21 Å². The van der Waals surface area contributed by atoms with Crippen LogP contribution in [0, 0.1) is 0 Å². The molecule has 178 valence electrons. The van der Waals surface area contributed by atoms with Crippen molar-refractivity contribution < 1.29 is 32.2 Å². The predicted molar refractivity (Wildman–Crippen MR) is 121 cm³/mol. The summed E-state index contributed by atoms with van der Waals surface area (Å²) in [6, 6.07) is 10.7. The second-order valence-corrected chi connectivity index (χ2v) is 9.37. The number of carbonyl (C=O) groups excluding carboxylic acids is 2. The zero-order valence-corrected chi connectivity index (χ0v) is 19.6. The van der Waals surface area contributed by atoms with E-state index in [-0.39, 0.29) is 41.8 Å². The summed E-state index contributed by atoms with van der Waals surface area (Å²) < 4.78 is 43.2. The van der Waals surface area contributed by atoms with E-state index < -0.39 is 15.9 Å². The van der Waals surface area contributed by atoms with Gasteiger partial charge in [-0.25, -0.2) is 8.42 Å². The van der Waals surface area contributed by atoms with Gasteiger partial charge < -0.3 is 24.4 Å². The van der Waals surface area contributed by atoms with E-state index in [2.05, 4.69) is 5.32 Å². The first-order valence-electron chi connectivity index (χ1n) is 10.2. The summed E-state index contributed by atoms with van der Waals surface area (Å²) in [5.41, 5.74) is 0.554.